The summed E-state index contributed by atoms with van der Waals surface area (Å²) < 4.78 is 10.4. The van der Waals surface area contributed by atoms with E-state index >= 15 is 0 Å². The molecule has 2 heteroatoms. The number of ether oxygens (including phenoxy) is 2. The smallest absolute Gasteiger partial charge is 0.106 e. The zero-order valence-electron chi connectivity index (χ0n) is 6.69. The maximum atomic E-state index is 5.21. The second kappa shape index (κ2) is 2.31. The molecular formula is C10H10O2. The summed E-state index contributed by atoms with van der Waals surface area (Å²) in [6, 6.07) is 8.50. The Kier molecular flexibility index (Phi) is 1.28. The van der Waals surface area contributed by atoms with Crippen molar-refractivity contribution < 1.29 is 9.47 Å². The molecule has 3 rings (SSSR count). The van der Waals surface area contributed by atoms with E-state index in [0.717, 1.165) is 13.2 Å². The van der Waals surface area contributed by atoms with Crippen molar-refractivity contribution in [1.29, 1.82) is 0 Å². The molecule has 1 aromatic rings. The van der Waals surface area contributed by atoms with Gasteiger partial charge in [0.15, 0.2) is 0 Å². The average molecular weight is 162 g/mol. The Bertz CT molecular complexity index is 273. The van der Waals surface area contributed by atoms with Crippen molar-refractivity contribution in [2.45, 2.75) is 12.2 Å². The second-order valence-corrected chi connectivity index (χ2v) is 3.31. The van der Waals surface area contributed by atoms with Gasteiger partial charge in [0.25, 0.3) is 0 Å². The van der Waals surface area contributed by atoms with Crippen LogP contribution in [0.1, 0.15) is 23.3 Å². The van der Waals surface area contributed by atoms with Gasteiger partial charge in [-0.05, 0) is 11.1 Å². The number of epoxide rings is 2. The molecule has 2 aliphatic rings. The first-order valence-corrected chi connectivity index (χ1v) is 4.26. The zero-order valence-corrected chi connectivity index (χ0v) is 6.69. The van der Waals surface area contributed by atoms with Crippen LogP contribution in [0, 0.1) is 0 Å². The maximum absolute atomic E-state index is 5.21. The molecule has 0 unspecified atom stereocenters. The van der Waals surface area contributed by atoms with Gasteiger partial charge in [-0.3, -0.25) is 0 Å². The van der Waals surface area contributed by atoms with Crippen molar-refractivity contribution in [2.75, 3.05) is 13.2 Å². The van der Waals surface area contributed by atoms with Crippen LogP contribution >= 0.6 is 0 Å². The molecule has 0 aromatic heterocycles. The lowest BCUT2D eigenvalue weighted by Crippen LogP contribution is -1.84. The molecule has 2 fully saturated rings. The standard InChI is InChI=1S/C10H10O2/c1-2-7(9-5-11-9)4-8(3-1)10-6-12-10/h1-4,9-10H,5-6H2/t9-,10-/m1/s1. The van der Waals surface area contributed by atoms with Gasteiger partial charge in [-0.25, -0.2) is 0 Å². The Morgan fingerprint density at radius 1 is 1.00 bits per heavy atom. The summed E-state index contributed by atoms with van der Waals surface area (Å²) in [5.41, 5.74) is 2.59. The van der Waals surface area contributed by atoms with E-state index in [0.29, 0.717) is 12.2 Å². The highest BCUT2D eigenvalue weighted by molar-refractivity contribution is 5.29. The lowest BCUT2D eigenvalue weighted by Gasteiger charge is -1.98. The van der Waals surface area contributed by atoms with E-state index in [1.165, 1.54) is 11.1 Å². The molecule has 0 bridgehead atoms. The van der Waals surface area contributed by atoms with E-state index in [-0.39, 0.29) is 0 Å². The minimum atomic E-state index is 0.365. The van der Waals surface area contributed by atoms with Crippen LogP contribution < -0.4 is 0 Å². The average Bonchev–Trinajstić information content (AvgIpc) is 2.98. The molecule has 2 nitrogen and oxygen atoms in total. The van der Waals surface area contributed by atoms with Crippen molar-refractivity contribution >= 4 is 0 Å². The van der Waals surface area contributed by atoms with E-state index in [1.807, 2.05) is 0 Å². The molecular weight excluding hydrogens is 152 g/mol. The highest BCUT2D eigenvalue weighted by atomic mass is 16.6. The van der Waals surface area contributed by atoms with E-state index in [9.17, 15) is 0 Å². The number of benzene rings is 1. The van der Waals surface area contributed by atoms with Gasteiger partial charge in [-0.15, -0.1) is 0 Å². The van der Waals surface area contributed by atoms with Crippen LogP contribution in [0.4, 0.5) is 0 Å². The van der Waals surface area contributed by atoms with Gasteiger partial charge in [0.2, 0.25) is 0 Å². The van der Waals surface area contributed by atoms with Crippen LogP contribution in [-0.4, -0.2) is 13.2 Å². The third kappa shape index (κ3) is 1.13. The van der Waals surface area contributed by atoms with Crippen molar-refractivity contribution in [3.05, 3.63) is 35.4 Å². The summed E-state index contributed by atoms with van der Waals surface area (Å²) in [5.74, 6) is 0. The fourth-order valence-electron chi connectivity index (χ4n) is 1.44. The third-order valence-corrected chi connectivity index (χ3v) is 2.32. The van der Waals surface area contributed by atoms with Gasteiger partial charge in [-0.2, -0.15) is 0 Å². The fourth-order valence-corrected chi connectivity index (χ4v) is 1.44. The summed E-state index contributed by atoms with van der Waals surface area (Å²) in [6.45, 7) is 1.77. The molecule has 0 aliphatic carbocycles. The molecule has 62 valence electrons. The summed E-state index contributed by atoms with van der Waals surface area (Å²) in [4.78, 5) is 0. The largest absolute Gasteiger partial charge is 0.368 e. The monoisotopic (exact) mass is 162 g/mol. The van der Waals surface area contributed by atoms with Crippen LogP contribution in [0.3, 0.4) is 0 Å². The molecule has 0 spiro atoms. The van der Waals surface area contributed by atoms with Crippen molar-refractivity contribution in [2.24, 2.45) is 0 Å². The number of rotatable bonds is 2. The van der Waals surface area contributed by atoms with Gasteiger partial charge in [0, 0.05) is 0 Å². The fraction of sp³-hybridized carbons (Fsp3) is 0.400. The normalized spacial score (nSPS) is 31.7. The minimum absolute atomic E-state index is 0.365. The van der Waals surface area contributed by atoms with Crippen molar-refractivity contribution in [3.8, 4) is 0 Å². The number of hydrogen-bond donors (Lipinski definition) is 0. The molecule has 2 aliphatic heterocycles. The van der Waals surface area contributed by atoms with Crippen LogP contribution in [0.25, 0.3) is 0 Å². The van der Waals surface area contributed by atoms with E-state index < -0.39 is 0 Å². The van der Waals surface area contributed by atoms with Gasteiger partial charge < -0.3 is 9.47 Å². The summed E-state index contributed by atoms with van der Waals surface area (Å²) >= 11 is 0. The molecule has 2 heterocycles. The predicted octanol–water partition coefficient (Wildman–Crippen LogP) is 1.83. The quantitative estimate of drug-likeness (QED) is 0.620. The Morgan fingerprint density at radius 2 is 1.50 bits per heavy atom. The van der Waals surface area contributed by atoms with Gasteiger partial charge in [0.1, 0.15) is 12.2 Å². The summed E-state index contributed by atoms with van der Waals surface area (Å²) in [5, 5.41) is 0. The van der Waals surface area contributed by atoms with E-state index in [2.05, 4.69) is 24.3 Å². The Labute approximate surface area is 71.1 Å². The molecule has 2 saturated heterocycles. The van der Waals surface area contributed by atoms with E-state index in [1.54, 1.807) is 0 Å². The van der Waals surface area contributed by atoms with Gasteiger partial charge in [0.05, 0.1) is 13.2 Å². The SMILES string of the molecule is c1cc([C@H]2CO2)cc([C@H]2CO2)c1. The van der Waals surface area contributed by atoms with E-state index in [4.69, 9.17) is 9.47 Å². The second-order valence-electron chi connectivity index (χ2n) is 3.31. The van der Waals surface area contributed by atoms with Crippen LogP contribution in [0.2, 0.25) is 0 Å². The Morgan fingerprint density at radius 3 is 1.92 bits per heavy atom. The minimum Gasteiger partial charge on any atom is -0.368 e. The highest BCUT2D eigenvalue weighted by Crippen LogP contribution is 2.34. The molecule has 1 aromatic carbocycles. The molecule has 0 radical (unpaired) electrons. The zero-order chi connectivity index (χ0) is 7.97. The first kappa shape index (κ1) is 6.63. The first-order chi connectivity index (χ1) is 5.93. The summed E-state index contributed by atoms with van der Waals surface area (Å²) in [6.07, 6.45) is 0.729. The molecule has 2 atom stereocenters. The predicted molar refractivity (Wildman–Crippen MR) is 43.8 cm³/mol. The molecule has 12 heavy (non-hydrogen) atoms. The highest BCUT2D eigenvalue weighted by Gasteiger charge is 2.28. The Balaban J connectivity index is 1.93. The van der Waals surface area contributed by atoms with Crippen LogP contribution in [-0.2, 0) is 9.47 Å². The van der Waals surface area contributed by atoms with Crippen LogP contribution in [0.15, 0.2) is 24.3 Å². The molecule has 0 saturated carbocycles. The van der Waals surface area contributed by atoms with Gasteiger partial charge in [-0.1, -0.05) is 24.3 Å². The van der Waals surface area contributed by atoms with Crippen molar-refractivity contribution in [3.63, 3.8) is 0 Å². The molecule has 0 N–H and O–H groups in total. The maximum Gasteiger partial charge on any atom is 0.106 e. The van der Waals surface area contributed by atoms with Crippen molar-refractivity contribution in [1.82, 2.24) is 0 Å². The lowest BCUT2D eigenvalue weighted by molar-refractivity contribution is 0.410. The van der Waals surface area contributed by atoms with Crippen LogP contribution in [0.5, 0.6) is 0 Å². The van der Waals surface area contributed by atoms with Gasteiger partial charge >= 0.3 is 0 Å². The first-order valence-electron chi connectivity index (χ1n) is 4.26. The lowest BCUT2D eigenvalue weighted by atomic mass is 10.1. The molecule has 0 amide bonds. The Hall–Kier alpha value is -0.860. The number of hydrogen-bond acceptors (Lipinski definition) is 2. The topological polar surface area (TPSA) is 25.1 Å². The third-order valence-electron chi connectivity index (χ3n) is 2.32. The summed E-state index contributed by atoms with van der Waals surface area (Å²) in [7, 11) is 0.